The Morgan fingerprint density at radius 1 is 1.25 bits per heavy atom. The quantitative estimate of drug-likeness (QED) is 0.871. The Kier molecular flexibility index (Phi) is 4.04. The van der Waals surface area contributed by atoms with Crippen molar-refractivity contribution in [1.82, 2.24) is 14.3 Å². The molecule has 0 atom stereocenters. The summed E-state index contributed by atoms with van der Waals surface area (Å²) in [7, 11) is -3.59. The number of sulfone groups is 1. The van der Waals surface area contributed by atoms with Crippen molar-refractivity contribution < 1.29 is 23.1 Å². The molecule has 0 spiro atoms. The first kappa shape index (κ1) is 16.4. The predicted octanol–water partition coefficient (Wildman–Crippen LogP) is 0.675. The fraction of sp³-hybridized carbons (Fsp3) is 0.400. The highest BCUT2D eigenvalue weighted by atomic mass is 32.2. The number of hydrogen-bond acceptors (Lipinski definition) is 5. The van der Waals surface area contributed by atoms with Crippen LogP contribution >= 0.6 is 0 Å². The Morgan fingerprint density at radius 3 is 2.50 bits per heavy atom. The lowest BCUT2D eigenvalue weighted by Crippen LogP contribution is -2.40. The lowest BCUT2D eigenvalue weighted by molar-refractivity contribution is -0.143. The zero-order valence-electron chi connectivity index (χ0n) is 13.0. The van der Waals surface area contributed by atoms with E-state index < -0.39 is 21.7 Å². The third-order valence-electron chi connectivity index (χ3n) is 4.18. The molecule has 2 aromatic rings. The molecule has 0 radical (unpaired) electrons. The van der Waals surface area contributed by atoms with Gasteiger partial charge in [-0.25, -0.2) is 13.4 Å². The standard InChI is InChI=1S/C15H17N3O5S/c1-24(22,23)15-16-12(11-4-2-3-7-18(11)15)13(19)17-8-5-10(6-9-17)14(20)21/h2-4,7,10H,5-6,8-9H2,1H3,(H,20,21). The van der Waals surface area contributed by atoms with Crippen LogP contribution in [0.1, 0.15) is 23.3 Å². The van der Waals surface area contributed by atoms with Crippen LogP contribution in [-0.2, 0) is 14.6 Å². The molecular formula is C15H17N3O5S. The number of carbonyl (C=O) groups is 2. The van der Waals surface area contributed by atoms with Crippen LogP contribution in [0.4, 0.5) is 0 Å². The molecule has 3 rings (SSSR count). The van der Waals surface area contributed by atoms with Gasteiger partial charge in [0.25, 0.3) is 5.91 Å². The summed E-state index contributed by atoms with van der Waals surface area (Å²) >= 11 is 0. The van der Waals surface area contributed by atoms with E-state index in [-0.39, 0.29) is 16.8 Å². The van der Waals surface area contributed by atoms with Crippen molar-refractivity contribution in [3.63, 3.8) is 0 Å². The van der Waals surface area contributed by atoms with Crippen molar-refractivity contribution in [2.45, 2.75) is 18.0 Å². The second-order valence-corrected chi connectivity index (χ2v) is 7.79. The Morgan fingerprint density at radius 2 is 1.92 bits per heavy atom. The molecule has 1 aliphatic heterocycles. The van der Waals surface area contributed by atoms with Gasteiger partial charge in [0.15, 0.2) is 5.69 Å². The molecule has 2 aromatic heterocycles. The first-order chi connectivity index (χ1) is 11.3. The van der Waals surface area contributed by atoms with Gasteiger partial charge in [-0.3, -0.25) is 14.0 Å². The molecule has 1 amide bonds. The number of rotatable bonds is 3. The van der Waals surface area contributed by atoms with Gasteiger partial charge in [0, 0.05) is 25.5 Å². The van der Waals surface area contributed by atoms with E-state index in [4.69, 9.17) is 5.11 Å². The van der Waals surface area contributed by atoms with Crippen LogP contribution in [0.2, 0.25) is 0 Å². The highest BCUT2D eigenvalue weighted by molar-refractivity contribution is 7.90. The molecular weight excluding hydrogens is 334 g/mol. The van der Waals surface area contributed by atoms with E-state index in [0.29, 0.717) is 31.4 Å². The number of carboxylic acids is 1. The number of pyridine rings is 1. The predicted molar refractivity (Wildman–Crippen MR) is 84.6 cm³/mol. The molecule has 9 heteroatoms. The maximum atomic E-state index is 12.7. The van der Waals surface area contributed by atoms with Gasteiger partial charge in [0.2, 0.25) is 15.0 Å². The van der Waals surface area contributed by atoms with E-state index in [0.717, 1.165) is 6.26 Å². The molecule has 1 fully saturated rings. The number of carboxylic acid groups (broad SMARTS) is 1. The number of carbonyl (C=O) groups excluding carboxylic acids is 1. The van der Waals surface area contributed by atoms with Crippen molar-refractivity contribution >= 4 is 27.2 Å². The molecule has 0 aromatic carbocycles. The van der Waals surface area contributed by atoms with E-state index in [1.54, 1.807) is 24.4 Å². The van der Waals surface area contributed by atoms with Gasteiger partial charge in [-0.15, -0.1) is 0 Å². The number of likely N-dealkylation sites (tertiary alicyclic amines) is 1. The van der Waals surface area contributed by atoms with Crippen LogP contribution in [0.25, 0.3) is 5.52 Å². The van der Waals surface area contributed by atoms with Crippen LogP contribution in [0, 0.1) is 5.92 Å². The zero-order valence-corrected chi connectivity index (χ0v) is 13.9. The summed E-state index contributed by atoms with van der Waals surface area (Å²) in [6.45, 7) is 0.631. The molecule has 0 bridgehead atoms. The summed E-state index contributed by atoms with van der Waals surface area (Å²) in [5, 5.41) is 8.85. The molecule has 0 saturated carbocycles. The second kappa shape index (κ2) is 5.90. The fourth-order valence-electron chi connectivity index (χ4n) is 2.91. The normalized spacial score (nSPS) is 16.5. The van der Waals surface area contributed by atoms with Crippen LogP contribution in [0.5, 0.6) is 0 Å². The highest BCUT2D eigenvalue weighted by Gasteiger charge is 2.30. The van der Waals surface area contributed by atoms with Crippen molar-refractivity contribution in [3.05, 3.63) is 30.1 Å². The Balaban J connectivity index is 1.95. The topological polar surface area (TPSA) is 109 Å². The van der Waals surface area contributed by atoms with Crippen LogP contribution in [-0.4, -0.2) is 59.0 Å². The molecule has 8 nitrogen and oxygen atoms in total. The van der Waals surface area contributed by atoms with Crippen molar-refractivity contribution in [2.75, 3.05) is 19.3 Å². The number of nitrogens with zero attached hydrogens (tertiary/aromatic N) is 3. The smallest absolute Gasteiger partial charge is 0.306 e. The average molecular weight is 351 g/mol. The van der Waals surface area contributed by atoms with Crippen LogP contribution in [0.3, 0.4) is 0 Å². The lowest BCUT2D eigenvalue weighted by Gasteiger charge is -2.29. The van der Waals surface area contributed by atoms with Crippen LogP contribution in [0.15, 0.2) is 29.6 Å². The van der Waals surface area contributed by atoms with Crippen molar-refractivity contribution in [1.29, 1.82) is 0 Å². The number of fused-ring (bicyclic) bond motifs is 1. The third kappa shape index (κ3) is 2.86. The van der Waals surface area contributed by atoms with E-state index in [9.17, 15) is 18.0 Å². The van der Waals surface area contributed by atoms with E-state index in [1.165, 1.54) is 9.30 Å². The molecule has 24 heavy (non-hydrogen) atoms. The van der Waals surface area contributed by atoms with Gasteiger partial charge in [-0.2, -0.15) is 0 Å². The summed E-state index contributed by atoms with van der Waals surface area (Å²) < 4.78 is 25.2. The van der Waals surface area contributed by atoms with Gasteiger partial charge in [-0.1, -0.05) is 6.07 Å². The molecule has 128 valence electrons. The summed E-state index contributed by atoms with van der Waals surface area (Å²) in [5.74, 6) is -1.68. The Labute approximate surface area is 138 Å². The molecule has 0 unspecified atom stereocenters. The largest absolute Gasteiger partial charge is 0.481 e. The van der Waals surface area contributed by atoms with Gasteiger partial charge in [-0.05, 0) is 25.0 Å². The van der Waals surface area contributed by atoms with E-state index in [1.807, 2.05) is 0 Å². The first-order valence-electron chi connectivity index (χ1n) is 7.48. The lowest BCUT2D eigenvalue weighted by atomic mass is 9.97. The van der Waals surface area contributed by atoms with Crippen molar-refractivity contribution in [2.24, 2.45) is 5.92 Å². The summed E-state index contributed by atoms with van der Waals surface area (Å²) in [5.41, 5.74) is 0.494. The van der Waals surface area contributed by atoms with Gasteiger partial charge in [0.05, 0.1) is 11.4 Å². The maximum Gasteiger partial charge on any atom is 0.306 e. The molecule has 1 N–H and O–H groups in total. The summed E-state index contributed by atoms with van der Waals surface area (Å²) in [6.07, 6.45) is 3.35. The van der Waals surface area contributed by atoms with Gasteiger partial charge >= 0.3 is 5.97 Å². The zero-order chi connectivity index (χ0) is 17.5. The highest BCUT2D eigenvalue weighted by Crippen LogP contribution is 2.22. The Bertz CT molecular complexity index is 910. The minimum Gasteiger partial charge on any atom is -0.481 e. The monoisotopic (exact) mass is 351 g/mol. The number of aromatic nitrogens is 2. The van der Waals surface area contributed by atoms with Gasteiger partial charge in [0.1, 0.15) is 0 Å². The maximum absolute atomic E-state index is 12.7. The third-order valence-corrected chi connectivity index (χ3v) is 5.13. The second-order valence-electron chi connectivity index (χ2n) is 5.88. The number of piperidine rings is 1. The summed E-state index contributed by atoms with van der Waals surface area (Å²) in [6, 6.07) is 5.01. The molecule has 1 aliphatic rings. The SMILES string of the molecule is CS(=O)(=O)c1nc(C(=O)N2CCC(C(=O)O)CC2)c2ccccn12. The molecule has 0 aliphatic carbocycles. The molecule has 3 heterocycles. The first-order valence-corrected chi connectivity index (χ1v) is 9.37. The minimum atomic E-state index is -3.59. The van der Waals surface area contributed by atoms with Crippen molar-refractivity contribution in [3.8, 4) is 0 Å². The fourth-order valence-corrected chi connectivity index (χ4v) is 3.68. The molecule has 1 saturated heterocycles. The number of imidazole rings is 1. The number of aliphatic carboxylic acids is 1. The number of hydrogen-bond donors (Lipinski definition) is 1. The van der Waals surface area contributed by atoms with E-state index >= 15 is 0 Å². The average Bonchev–Trinajstić information content (AvgIpc) is 2.94. The Hall–Kier alpha value is -2.42. The summed E-state index contributed by atoms with van der Waals surface area (Å²) in [4.78, 5) is 29.3. The number of amides is 1. The van der Waals surface area contributed by atoms with E-state index in [2.05, 4.69) is 4.98 Å². The van der Waals surface area contributed by atoms with Gasteiger partial charge < -0.3 is 10.0 Å². The van der Waals surface area contributed by atoms with Crippen LogP contribution < -0.4 is 0 Å². The minimum absolute atomic E-state index is 0.0739.